The van der Waals surface area contributed by atoms with Crippen LogP contribution in [0.2, 0.25) is 0 Å². The molecule has 0 saturated heterocycles. The number of benzene rings is 1. The lowest BCUT2D eigenvalue weighted by atomic mass is 10.2. The Morgan fingerprint density at radius 1 is 1.14 bits per heavy atom. The molecule has 0 aliphatic rings. The van der Waals surface area contributed by atoms with Crippen molar-refractivity contribution in [3.63, 3.8) is 0 Å². The third-order valence-electron chi connectivity index (χ3n) is 2.61. The van der Waals surface area contributed by atoms with E-state index >= 15 is 0 Å². The Bertz CT molecular complexity index is 684. The molecule has 0 N–H and O–H groups in total. The average Bonchev–Trinajstić information content (AvgIpc) is 2.43. The van der Waals surface area contributed by atoms with Crippen LogP contribution in [-0.4, -0.2) is 33.4 Å². The van der Waals surface area contributed by atoms with Crippen molar-refractivity contribution in [1.29, 1.82) is 0 Å². The quantitative estimate of drug-likeness (QED) is 0.804. The molecule has 0 radical (unpaired) electrons. The van der Waals surface area contributed by atoms with Crippen LogP contribution in [0.3, 0.4) is 0 Å². The zero-order valence-electron chi connectivity index (χ0n) is 12.7. The van der Waals surface area contributed by atoms with Crippen LogP contribution in [0.25, 0.3) is 10.9 Å². The molecular weight excluding hydrogens is 308 g/mol. The van der Waals surface area contributed by atoms with E-state index in [0.29, 0.717) is 21.9 Å². The van der Waals surface area contributed by atoms with E-state index in [2.05, 4.69) is 10.2 Å². The second-order valence-electron chi connectivity index (χ2n) is 5.36. The van der Waals surface area contributed by atoms with Gasteiger partial charge in [-0.25, -0.2) is 4.21 Å². The summed E-state index contributed by atoms with van der Waals surface area (Å²) in [5.74, 6) is 1.16. The number of nitrogens with zero attached hydrogens (tertiary/aromatic N) is 2. The fraction of sp³-hybridized carbons (Fsp3) is 0.429. The molecule has 0 amide bonds. The minimum atomic E-state index is -1.23. The number of ether oxygens (including phenoxy) is 2. The summed E-state index contributed by atoms with van der Waals surface area (Å²) < 4.78 is 23.0. The van der Waals surface area contributed by atoms with Crippen LogP contribution in [-0.2, 0) is 9.83 Å². The molecule has 2 rings (SSSR count). The Kier molecular flexibility index (Phi) is 4.73. The van der Waals surface area contributed by atoms with Crippen LogP contribution >= 0.6 is 10.8 Å². The van der Waals surface area contributed by atoms with Gasteiger partial charge in [-0.05, 0) is 6.07 Å². The maximum Gasteiger partial charge on any atom is 0.162 e. The number of fused-ring (bicyclic) bond motifs is 1. The predicted molar refractivity (Wildman–Crippen MR) is 86.4 cm³/mol. The summed E-state index contributed by atoms with van der Waals surface area (Å²) in [6, 6.07) is 3.53. The van der Waals surface area contributed by atoms with Gasteiger partial charge >= 0.3 is 0 Å². The van der Waals surface area contributed by atoms with E-state index in [-0.39, 0.29) is 4.75 Å². The van der Waals surface area contributed by atoms with Crippen molar-refractivity contribution in [3.05, 3.63) is 18.3 Å². The van der Waals surface area contributed by atoms with E-state index in [1.165, 1.54) is 10.8 Å². The van der Waals surface area contributed by atoms with Crippen LogP contribution in [0.1, 0.15) is 20.8 Å². The second-order valence-corrected chi connectivity index (χ2v) is 9.07. The molecule has 21 heavy (non-hydrogen) atoms. The van der Waals surface area contributed by atoms with Crippen LogP contribution in [0, 0.1) is 0 Å². The first-order chi connectivity index (χ1) is 9.85. The van der Waals surface area contributed by atoms with Crippen molar-refractivity contribution in [1.82, 2.24) is 10.2 Å². The normalized spacial score (nSPS) is 13.2. The average molecular weight is 326 g/mol. The molecule has 7 heteroatoms. The highest BCUT2D eigenvalue weighted by Gasteiger charge is 2.20. The van der Waals surface area contributed by atoms with Crippen LogP contribution < -0.4 is 9.47 Å². The minimum absolute atomic E-state index is 0.114. The zero-order valence-corrected chi connectivity index (χ0v) is 14.3. The third kappa shape index (κ3) is 3.65. The summed E-state index contributed by atoms with van der Waals surface area (Å²) >= 11 is 0. The zero-order chi connectivity index (χ0) is 15.6. The van der Waals surface area contributed by atoms with E-state index in [4.69, 9.17) is 9.47 Å². The molecule has 1 atom stereocenters. The summed E-state index contributed by atoms with van der Waals surface area (Å²) in [6.45, 7) is 6.07. The van der Waals surface area contributed by atoms with E-state index in [1.54, 1.807) is 32.5 Å². The van der Waals surface area contributed by atoms with Gasteiger partial charge in [0.2, 0.25) is 0 Å². The van der Waals surface area contributed by atoms with Gasteiger partial charge in [0, 0.05) is 16.2 Å². The summed E-state index contributed by atoms with van der Waals surface area (Å²) in [7, 11) is 3.28. The van der Waals surface area contributed by atoms with Gasteiger partial charge in [0.25, 0.3) is 0 Å². The fourth-order valence-corrected chi connectivity index (χ4v) is 4.82. The Balaban J connectivity index is 2.57. The standard InChI is InChI=1S/C14H18N2O3S2/c1-14(2,3)20-21(17)13-8-15-16-10-7-12(19-5)11(18-4)6-9(10)13/h6-8H,1-5H3. The van der Waals surface area contributed by atoms with E-state index in [0.717, 1.165) is 5.39 Å². The fourth-order valence-electron chi connectivity index (χ4n) is 1.77. The molecule has 0 spiro atoms. The highest BCUT2D eigenvalue weighted by atomic mass is 33.1. The molecular formula is C14H18N2O3S2. The number of aromatic nitrogens is 2. The van der Waals surface area contributed by atoms with E-state index in [9.17, 15) is 4.21 Å². The highest BCUT2D eigenvalue weighted by Crippen LogP contribution is 2.37. The Morgan fingerprint density at radius 3 is 2.33 bits per heavy atom. The van der Waals surface area contributed by atoms with Gasteiger partial charge in [0.15, 0.2) is 11.5 Å². The second kappa shape index (κ2) is 6.19. The smallest absolute Gasteiger partial charge is 0.162 e. The number of rotatable bonds is 4. The van der Waals surface area contributed by atoms with Gasteiger partial charge in [0.05, 0.1) is 30.8 Å². The molecule has 114 valence electrons. The summed E-state index contributed by atoms with van der Waals surface area (Å²) in [6.07, 6.45) is 1.54. The molecule has 1 aromatic heterocycles. The van der Waals surface area contributed by atoms with Crippen LogP contribution in [0.4, 0.5) is 0 Å². The molecule has 0 saturated carbocycles. The summed E-state index contributed by atoms with van der Waals surface area (Å²) in [5, 5.41) is 8.78. The van der Waals surface area contributed by atoms with Gasteiger partial charge in [0.1, 0.15) is 9.83 Å². The maximum atomic E-state index is 12.6. The first-order valence-corrected chi connectivity index (χ1v) is 8.82. The number of hydrogen-bond acceptors (Lipinski definition) is 6. The summed E-state index contributed by atoms with van der Waals surface area (Å²) in [5.41, 5.74) is 0.632. The lowest BCUT2D eigenvalue weighted by Gasteiger charge is -2.17. The first-order valence-electron chi connectivity index (χ1n) is 6.34. The molecule has 0 bridgehead atoms. The lowest BCUT2D eigenvalue weighted by Crippen LogP contribution is -2.09. The van der Waals surface area contributed by atoms with Gasteiger partial charge in [-0.2, -0.15) is 10.2 Å². The maximum absolute atomic E-state index is 12.6. The molecule has 1 heterocycles. The summed E-state index contributed by atoms with van der Waals surface area (Å²) in [4.78, 5) is 0.640. The SMILES string of the molecule is COc1cc2nncc(S(=O)SC(C)(C)C)c2cc1OC. The molecule has 2 aromatic rings. The lowest BCUT2D eigenvalue weighted by molar-refractivity contribution is 0.355. The third-order valence-corrected chi connectivity index (χ3v) is 6.44. The van der Waals surface area contributed by atoms with Crippen molar-refractivity contribution in [2.24, 2.45) is 0 Å². The van der Waals surface area contributed by atoms with Crippen molar-refractivity contribution >= 4 is 31.5 Å². The molecule has 1 aromatic carbocycles. The number of hydrogen-bond donors (Lipinski definition) is 0. The van der Waals surface area contributed by atoms with Crippen molar-refractivity contribution in [2.45, 2.75) is 30.4 Å². The van der Waals surface area contributed by atoms with E-state index < -0.39 is 9.83 Å². The van der Waals surface area contributed by atoms with Crippen molar-refractivity contribution in [3.8, 4) is 11.5 Å². The van der Waals surface area contributed by atoms with Gasteiger partial charge < -0.3 is 9.47 Å². The van der Waals surface area contributed by atoms with Gasteiger partial charge in [-0.1, -0.05) is 31.6 Å². The van der Waals surface area contributed by atoms with Crippen molar-refractivity contribution < 1.29 is 13.7 Å². The van der Waals surface area contributed by atoms with Gasteiger partial charge in [-0.3, -0.25) is 0 Å². The Morgan fingerprint density at radius 2 is 1.76 bits per heavy atom. The van der Waals surface area contributed by atoms with Crippen LogP contribution in [0.5, 0.6) is 11.5 Å². The monoisotopic (exact) mass is 326 g/mol. The predicted octanol–water partition coefficient (Wildman–Crippen LogP) is 3.20. The van der Waals surface area contributed by atoms with E-state index in [1.807, 2.05) is 20.8 Å². The molecule has 0 aliphatic heterocycles. The molecule has 0 aliphatic carbocycles. The number of methoxy groups -OCH3 is 2. The molecule has 1 unspecified atom stereocenters. The Labute approximate surface area is 130 Å². The topological polar surface area (TPSA) is 61.3 Å². The first kappa shape index (κ1) is 16.0. The molecule has 0 fully saturated rings. The highest BCUT2D eigenvalue weighted by molar-refractivity contribution is 8.69. The van der Waals surface area contributed by atoms with Crippen LogP contribution in [0.15, 0.2) is 23.2 Å². The minimum Gasteiger partial charge on any atom is -0.493 e. The van der Waals surface area contributed by atoms with Gasteiger partial charge in [-0.15, -0.1) is 0 Å². The molecule has 5 nitrogen and oxygen atoms in total. The van der Waals surface area contributed by atoms with Crippen molar-refractivity contribution in [2.75, 3.05) is 14.2 Å². The Hall–Kier alpha value is -1.34. The largest absolute Gasteiger partial charge is 0.493 e.